The van der Waals surface area contributed by atoms with Crippen molar-refractivity contribution in [1.29, 1.82) is 0 Å². The lowest BCUT2D eigenvalue weighted by Crippen LogP contribution is -2.54. The number of aromatic amines is 1. The number of carbonyl (C=O) groups excluding carboxylic acids is 1. The largest absolute Gasteiger partial charge is 0.497 e. The number of carbonyl (C=O) groups is 1. The molecule has 0 bridgehead atoms. The van der Waals surface area contributed by atoms with Crippen molar-refractivity contribution in [1.82, 2.24) is 15.2 Å². The predicted molar refractivity (Wildman–Crippen MR) is 157 cm³/mol. The highest BCUT2D eigenvalue weighted by Crippen LogP contribution is 2.47. The lowest BCUT2D eigenvalue weighted by Gasteiger charge is -2.47. The number of methoxy groups -OCH3 is 1. The van der Waals surface area contributed by atoms with E-state index in [0.29, 0.717) is 19.7 Å². The number of fused-ring (bicyclic) bond motifs is 4. The summed E-state index contributed by atoms with van der Waals surface area (Å²) in [5, 5.41) is 7.89. The molecular weight excluding hydrogens is 511 g/mol. The second kappa shape index (κ2) is 10.3. The Morgan fingerprint density at radius 1 is 1.18 bits per heavy atom. The van der Waals surface area contributed by atoms with Crippen molar-refractivity contribution in [3.8, 4) is 5.75 Å². The maximum absolute atomic E-state index is 14.1. The highest BCUT2D eigenvalue weighted by atomic mass is 28.4. The van der Waals surface area contributed by atoms with Gasteiger partial charge in [-0.1, -0.05) is 32.9 Å². The van der Waals surface area contributed by atoms with Crippen LogP contribution in [0.25, 0.3) is 10.9 Å². The monoisotopic (exact) mass is 552 g/mol. The van der Waals surface area contributed by atoms with Gasteiger partial charge in [-0.2, -0.15) is 0 Å². The standard InChI is InChI=1S/C30H41FN4O3Si/c1-29(2,3)39(5,6)38-18-25-27-26(21-12-11-20(37-4)17-24(21)33-27)30(19-32-25)13-15-35(16-14-30)28(36)34-23-10-8-7-9-22(23)31/h7-12,17,25,32-33H,13-16,18-19H2,1-6H3,(H,34,36)/t25-/m0/s1. The number of halogens is 1. The van der Waals surface area contributed by atoms with E-state index < -0.39 is 14.1 Å². The molecule has 3 N–H and O–H groups in total. The highest BCUT2D eigenvalue weighted by Gasteiger charge is 2.46. The number of likely N-dealkylation sites (tertiary alicyclic amines) is 1. The van der Waals surface area contributed by atoms with Crippen molar-refractivity contribution in [3.63, 3.8) is 0 Å². The van der Waals surface area contributed by atoms with E-state index in [9.17, 15) is 9.18 Å². The fourth-order valence-electron chi connectivity index (χ4n) is 5.64. The summed E-state index contributed by atoms with van der Waals surface area (Å²) < 4.78 is 26.3. The molecule has 7 nitrogen and oxygen atoms in total. The van der Waals surface area contributed by atoms with Gasteiger partial charge in [0.15, 0.2) is 8.32 Å². The number of piperidine rings is 1. The van der Waals surface area contributed by atoms with Gasteiger partial charge in [0.25, 0.3) is 0 Å². The van der Waals surface area contributed by atoms with Crippen LogP contribution in [-0.4, -0.2) is 57.6 Å². The van der Waals surface area contributed by atoms with Crippen LogP contribution >= 0.6 is 0 Å². The summed E-state index contributed by atoms with van der Waals surface area (Å²) in [4.78, 5) is 18.5. The van der Waals surface area contributed by atoms with Crippen molar-refractivity contribution in [2.45, 2.75) is 63.2 Å². The van der Waals surface area contributed by atoms with E-state index in [0.717, 1.165) is 30.7 Å². The third-order valence-corrected chi connectivity index (χ3v) is 13.6. The number of hydrogen-bond donors (Lipinski definition) is 3. The molecule has 2 aromatic carbocycles. The number of urea groups is 1. The number of hydrogen-bond acceptors (Lipinski definition) is 4. The molecule has 0 saturated carbocycles. The SMILES string of the molecule is COc1ccc2c3c([nH]c2c1)[C@H](CO[Si](C)(C)C(C)(C)C)NCC31CCN(C(=O)Nc2ccccc2F)CC1. The number of benzene rings is 2. The van der Waals surface area contributed by atoms with Gasteiger partial charge in [0.1, 0.15) is 11.6 Å². The molecule has 1 fully saturated rings. The zero-order chi connectivity index (χ0) is 28.0. The minimum Gasteiger partial charge on any atom is -0.497 e. The molecule has 1 spiro atoms. The van der Waals surface area contributed by atoms with Crippen LogP contribution in [0.5, 0.6) is 5.75 Å². The lowest BCUT2D eigenvalue weighted by atomic mass is 9.69. The van der Waals surface area contributed by atoms with Crippen LogP contribution in [0.4, 0.5) is 14.9 Å². The summed E-state index contributed by atoms with van der Waals surface area (Å²) in [7, 11) is -0.236. The summed E-state index contributed by atoms with van der Waals surface area (Å²) in [5.74, 6) is 0.387. The third-order valence-electron chi connectivity index (χ3n) is 9.14. The van der Waals surface area contributed by atoms with Crippen LogP contribution in [-0.2, 0) is 9.84 Å². The van der Waals surface area contributed by atoms with Gasteiger partial charge in [-0.3, -0.25) is 0 Å². The molecule has 39 heavy (non-hydrogen) atoms. The van der Waals surface area contributed by atoms with E-state index in [4.69, 9.17) is 9.16 Å². The molecule has 2 aliphatic rings. The molecule has 0 unspecified atom stereocenters. The summed E-state index contributed by atoms with van der Waals surface area (Å²) in [6, 6.07) is 12.3. The first-order chi connectivity index (χ1) is 18.4. The smallest absolute Gasteiger partial charge is 0.321 e. The minimum absolute atomic E-state index is 0.0560. The molecule has 1 saturated heterocycles. The van der Waals surface area contributed by atoms with Crippen LogP contribution in [0, 0.1) is 5.82 Å². The molecule has 1 aromatic heterocycles. The molecule has 3 aromatic rings. The Labute approximate surface area is 231 Å². The van der Waals surface area contributed by atoms with Crippen LogP contribution in [0.2, 0.25) is 18.1 Å². The van der Waals surface area contributed by atoms with Crippen LogP contribution in [0.1, 0.15) is 50.9 Å². The number of para-hydroxylation sites is 1. The zero-order valence-corrected chi connectivity index (χ0v) is 24.9. The number of aromatic nitrogens is 1. The molecule has 3 heterocycles. The quantitative estimate of drug-likeness (QED) is 0.314. The van der Waals surface area contributed by atoms with E-state index in [-0.39, 0.29) is 28.2 Å². The number of nitrogens with zero attached hydrogens (tertiary/aromatic N) is 1. The maximum atomic E-state index is 14.1. The Bertz CT molecular complexity index is 1360. The zero-order valence-electron chi connectivity index (χ0n) is 23.9. The second-order valence-electron chi connectivity index (χ2n) is 12.5. The first kappa shape index (κ1) is 27.7. The number of ether oxygens (including phenoxy) is 1. The summed E-state index contributed by atoms with van der Waals surface area (Å²) in [6.07, 6.45) is 1.62. The average Bonchev–Trinajstić information content (AvgIpc) is 3.29. The van der Waals surface area contributed by atoms with Crippen LogP contribution < -0.4 is 15.4 Å². The number of H-pyrrole nitrogens is 1. The van der Waals surface area contributed by atoms with Gasteiger partial charge in [-0.25, -0.2) is 9.18 Å². The summed E-state index contributed by atoms with van der Waals surface area (Å²) in [6.45, 7) is 14.0. The van der Waals surface area contributed by atoms with Gasteiger partial charge in [0, 0.05) is 47.7 Å². The van der Waals surface area contributed by atoms with Gasteiger partial charge < -0.3 is 29.7 Å². The van der Waals surface area contributed by atoms with Crippen molar-refractivity contribution >= 4 is 30.9 Å². The van der Waals surface area contributed by atoms with Crippen molar-refractivity contribution in [2.75, 3.05) is 38.7 Å². The van der Waals surface area contributed by atoms with Gasteiger partial charge in [-0.05, 0) is 60.8 Å². The number of anilines is 1. The molecule has 1 atom stereocenters. The summed E-state index contributed by atoms with van der Waals surface area (Å²) in [5.41, 5.74) is 3.65. The van der Waals surface area contributed by atoms with E-state index in [1.54, 1.807) is 30.2 Å². The maximum Gasteiger partial charge on any atom is 0.321 e. The number of amides is 2. The van der Waals surface area contributed by atoms with E-state index >= 15 is 0 Å². The molecule has 2 amide bonds. The average molecular weight is 553 g/mol. The first-order valence-corrected chi connectivity index (χ1v) is 16.7. The van der Waals surface area contributed by atoms with Crippen molar-refractivity contribution in [2.24, 2.45) is 0 Å². The first-order valence-electron chi connectivity index (χ1n) is 13.8. The van der Waals surface area contributed by atoms with E-state index in [1.165, 1.54) is 22.7 Å². The van der Waals surface area contributed by atoms with E-state index in [2.05, 4.69) is 61.6 Å². The third kappa shape index (κ3) is 5.19. The predicted octanol–water partition coefficient (Wildman–Crippen LogP) is 6.55. The lowest BCUT2D eigenvalue weighted by molar-refractivity contribution is 0.150. The molecule has 0 aliphatic carbocycles. The highest BCUT2D eigenvalue weighted by molar-refractivity contribution is 6.74. The molecule has 9 heteroatoms. The van der Waals surface area contributed by atoms with Gasteiger partial charge in [0.2, 0.25) is 0 Å². The molecule has 210 valence electrons. The van der Waals surface area contributed by atoms with Gasteiger partial charge in [-0.15, -0.1) is 0 Å². The summed E-state index contributed by atoms with van der Waals surface area (Å²) >= 11 is 0. The van der Waals surface area contributed by atoms with Gasteiger partial charge in [0.05, 0.1) is 25.4 Å². The van der Waals surface area contributed by atoms with Crippen LogP contribution in [0.3, 0.4) is 0 Å². The Morgan fingerprint density at radius 2 is 1.90 bits per heavy atom. The Balaban J connectivity index is 1.41. The van der Waals surface area contributed by atoms with Crippen LogP contribution in [0.15, 0.2) is 42.5 Å². The van der Waals surface area contributed by atoms with Crippen molar-refractivity contribution < 1.29 is 18.3 Å². The fraction of sp³-hybridized carbons (Fsp3) is 0.500. The normalized spacial score (nSPS) is 19.3. The Kier molecular flexibility index (Phi) is 7.28. The molecule has 5 rings (SSSR count). The van der Waals surface area contributed by atoms with Gasteiger partial charge >= 0.3 is 6.03 Å². The van der Waals surface area contributed by atoms with E-state index in [1.807, 2.05) is 6.07 Å². The fourth-order valence-corrected chi connectivity index (χ4v) is 6.65. The molecule has 0 radical (unpaired) electrons. The second-order valence-corrected chi connectivity index (χ2v) is 17.3. The molecule has 2 aliphatic heterocycles. The Morgan fingerprint density at radius 3 is 2.56 bits per heavy atom. The number of rotatable bonds is 5. The number of nitrogens with one attached hydrogen (secondary N) is 3. The Hall–Kier alpha value is -2.88. The molecular formula is C30H41FN4O3Si. The van der Waals surface area contributed by atoms with Crippen molar-refractivity contribution in [3.05, 3.63) is 59.5 Å². The topological polar surface area (TPSA) is 78.6 Å². The minimum atomic E-state index is -1.92.